The number of hydrogen-bond acceptors (Lipinski definition) is 4. The zero-order valence-corrected chi connectivity index (χ0v) is 5.26. The van der Waals surface area contributed by atoms with Crippen LogP contribution in [0.3, 0.4) is 0 Å². The molecule has 0 aromatic carbocycles. The molecule has 0 saturated carbocycles. The van der Waals surface area contributed by atoms with Gasteiger partial charge in [0, 0.05) is 5.08 Å². The van der Waals surface area contributed by atoms with Gasteiger partial charge in [-0.05, 0) is 0 Å². The van der Waals surface area contributed by atoms with Crippen LogP contribution in [0.15, 0.2) is 0 Å². The summed E-state index contributed by atoms with van der Waals surface area (Å²) < 4.78 is 0. The second-order valence-electron chi connectivity index (χ2n) is 1.35. The lowest BCUT2D eigenvalue weighted by Crippen LogP contribution is -2.21. The van der Waals surface area contributed by atoms with E-state index in [0.29, 0.717) is 5.75 Å². The van der Waals surface area contributed by atoms with Gasteiger partial charge in [-0.1, -0.05) is 11.8 Å². The maximum Gasteiger partial charge on any atom is 0.223 e. The van der Waals surface area contributed by atoms with Crippen molar-refractivity contribution < 1.29 is 10.2 Å². The van der Waals surface area contributed by atoms with E-state index in [0.717, 1.165) is 5.08 Å². The van der Waals surface area contributed by atoms with Crippen LogP contribution in [0, 0.1) is 0 Å². The third kappa shape index (κ3) is 1.53. The maximum absolute atomic E-state index is 8.69. The van der Waals surface area contributed by atoms with Crippen molar-refractivity contribution in [2.24, 2.45) is 0 Å². The highest BCUT2D eigenvalue weighted by atomic mass is 32.2. The summed E-state index contributed by atoms with van der Waals surface area (Å²) >= 11 is 2.72. The average molecular weight is 138 g/mol. The minimum absolute atomic E-state index is 0.442. The van der Waals surface area contributed by atoms with Gasteiger partial charge in [-0.25, -0.2) is 0 Å². The molecule has 0 aromatic rings. The van der Waals surface area contributed by atoms with Crippen molar-refractivity contribution in [3.8, 4) is 0 Å². The summed E-state index contributed by atoms with van der Waals surface area (Å²) in [6.45, 7) is 0. The largest absolute Gasteiger partial charge is 0.357 e. The van der Waals surface area contributed by atoms with Crippen LogP contribution in [0.2, 0.25) is 0 Å². The molecule has 0 spiro atoms. The Morgan fingerprint density at radius 1 is 1.43 bits per heavy atom. The predicted octanol–water partition coefficient (Wildman–Crippen LogP) is 0.0623. The molecule has 0 bridgehead atoms. The first-order chi connectivity index (χ1) is 3.21. The van der Waals surface area contributed by atoms with E-state index in [1.54, 1.807) is 11.8 Å². The van der Waals surface area contributed by atoms with E-state index in [2.05, 4.69) is 0 Å². The molecule has 0 unspecified atom stereocenters. The average Bonchev–Trinajstić information content (AvgIpc) is 1.84. The fourth-order valence-corrected chi connectivity index (χ4v) is 2.62. The summed E-state index contributed by atoms with van der Waals surface area (Å²) in [6.07, 6.45) is 0. The summed E-state index contributed by atoms with van der Waals surface area (Å²) in [4.78, 5) is 0. The molecule has 42 valence electrons. The minimum atomic E-state index is -1.43. The zero-order valence-electron chi connectivity index (χ0n) is 3.63. The monoisotopic (exact) mass is 138 g/mol. The molecular weight excluding hydrogens is 132 g/mol. The van der Waals surface area contributed by atoms with Crippen LogP contribution in [0.1, 0.15) is 0 Å². The van der Waals surface area contributed by atoms with E-state index in [1.165, 1.54) is 11.8 Å². The van der Waals surface area contributed by atoms with Crippen molar-refractivity contribution in [2.75, 3.05) is 10.8 Å². The highest BCUT2D eigenvalue weighted by Crippen LogP contribution is 2.34. The van der Waals surface area contributed by atoms with Gasteiger partial charge in [-0.15, -0.1) is 11.8 Å². The van der Waals surface area contributed by atoms with E-state index in [1.807, 2.05) is 0 Å². The van der Waals surface area contributed by atoms with Crippen LogP contribution in [0.4, 0.5) is 0 Å². The van der Waals surface area contributed by atoms with Crippen LogP contribution in [-0.4, -0.2) is 26.2 Å². The smallest absolute Gasteiger partial charge is 0.223 e. The molecule has 1 fully saturated rings. The summed E-state index contributed by atoms with van der Waals surface area (Å²) in [7, 11) is 0. The highest BCUT2D eigenvalue weighted by molar-refractivity contribution is 8.19. The SMILES string of the molecule is OC1(O)CSCS1. The van der Waals surface area contributed by atoms with Crippen molar-refractivity contribution in [3.05, 3.63) is 0 Å². The summed E-state index contributed by atoms with van der Waals surface area (Å²) in [5.41, 5.74) is 0. The Balaban J connectivity index is 2.40. The fourth-order valence-electron chi connectivity index (χ4n) is 0.352. The molecule has 2 nitrogen and oxygen atoms in total. The molecule has 7 heavy (non-hydrogen) atoms. The van der Waals surface area contributed by atoms with Gasteiger partial charge in [0.2, 0.25) is 5.12 Å². The molecule has 1 rings (SSSR count). The van der Waals surface area contributed by atoms with E-state index < -0.39 is 5.12 Å². The van der Waals surface area contributed by atoms with Gasteiger partial charge in [0.25, 0.3) is 0 Å². The molecule has 1 aliphatic heterocycles. The summed E-state index contributed by atoms with van der Waals surface area (Å²) in [5, 5.41) is 16.8. The van der Waals surface area contributed by atoms with E-state index in [4.69, 9.17) is 10.2 Å². The topological polar surface area (TPSA) is 40.5 Å². The number of hydrogen-bond donors (Lipinski definition) is 2. The molecule has 0 amide bonds. The van der Waals surface area contributed by atoms with Crippen molar-refractivity contribution >= 4 is 23.5 Å². The normalized spacial score (nSPS) is 28.3. The number of rotatable bonds is 0. The predicted molar refractivity (Wildman–Crippen MR) is 32.1 cm³/mol. The van der Waals surface area contributed by atoms with Crippen LogP contribution >= 0.6 is 23.5 Å². The molecule has 1 saturated heterocycles. The quantitative estimate of drug-likeness (QED) is 0.464. The lowest BCUT2D eigenvalue weighted by atomic mass is 10.8. The van der Waals surface area contributed by atoms with Crippen LogP contribution in [0.25, 0.3) is 0 Å². The zero-order chi connectivity index (χ0) is 5.33. The minimum Gasteiger partial charge on any atom is -0.357 e. The summed E-state index contributed by atoms with van der Waals surface area (Å²) in [5.74, 6) is 0.442. The Bertz CT molecular complexity index is 65.3. The van der Waals surface area contributed by atoms with Crippen molar-refractivity contribution in [1.29, 1.82) is 0 Å². The molecule has 0 aliphatic carbocycles. The Hall–Kier alpha value is 0.620. The molecule has 1 heterocycles. The highest BCUT2D eigenvalue weighted by Gasteiger charge is 2.28. The van der Waals surface area contributed by atoms with Crippen molar-refractivity contribution in [1.82, 2.24) is 0 Å². The Labute approximate surface area is 50.3 Å². The molecule has 0 radical (unpaired) electrons. The van der Waals surface area contributed by atoms with Crippen LogP contribution in [-0.2, 0) is 0 Å². The third-order valence-corrected chi connectivity index (χ3v) is 3.20. The second kappa shape index (κ2) is 1.85. The Morgan fingerprint density at radius 2 is 2.14 bits per heavy atom. The first kappa shape index (κ1) is 5.75. The van der Waals surface area contributed by atoms with Gasteiger partial charge in [0.1, 0.15) is 0 Å². The lowest BCUT2D eigenvalue weighted by molar-refractivity contribution is -0.0529. The molecular formula is C3H6O2S2. The second-order valence-corrected chi connectivity index (χ2v) is 3.94. The molecule has 2 N–H and O–H groups in total. The van der Waals surface area contributed by atoms with Gasteiger partial charge in [-0.2, -0.15) is 0 Å². The van der Waals surface area contributed by atoms with E-state index in [-0.39, 0.29) is 0 Å². The Kier molecular flexibility index (Phi) is 1.52. The van der Waals surface area contributed by atoms with Crippen LogP contribution in [0.5, 0.6) is 0 Å². The number of aliphatic hydroxyl groups is 2. The Morgan fingerprint density at radius 3 is 2.29 bits per heavy atom. The molecule has 0 aromatic heterocycles. The van der Waals surface area contributed by atoms with Crippen molar-refractivity contribution in [3.63, 3.8) is 0 Å². The number of thioether (sulfide) groups is 2. The first-order valence-corrected chi connectivity index (χ1v) is 4.01. The molecule has 0 atom stereocenters. The van der Waals surface area contributed by atoms with Gasteiger partial charge in [0.05, 0.1) is 5.75 Å². The van der Waals surface area contributed by atoms with Crippen LogP contribution < -0.4 is 0 Å². The molecule has 4 heteroatoms. The molecule has 1 aliphatic rings. The first-order valence-electron chi connectivity index (χ1n) is 1.87. The third-order valence-electron chi connectivity index (χ3n) is 0.664. The van der Waals surface area contributed by atoms with Gasteiger partial charge >= 0.3 is 0 Å². The van der Waals surface area contributed by atoms with Gasteiger partial charge in [0.15, 0.2) is 0 Å². The van der Waals surface area contributed by atoms with Gasteiger partial charge in [-0.3, -0.25) is 0 Å². The maximum atomic E-state index is 8.69. The fraction of sp³-hybridized carbons (Fsp3) is 1.00. The van der Waals surface area contributed by atoms with E-state index >= 15 is 0 Å². The standard InChI is InChI=1S/C3H6O2S2/c4-3(5)1-6-2-7-3/h4-5H,1-2H2. The van der Waals surface area contributed by atoms with Gasteiger partial charge < -0.3 is 10.2 Å². The summed E-state index contributed by atoms with van der Waals surface area (Å²) in [6, 6.07) is 0. The van der Waals surface area contributed by atoms with E-state index in [9.17, 15) is 0 Å². The lowest BCUT2D eigenvalue weighted by Gasteiger charge is -2.08. The van der Waals surface area contributed by atoms with Crippen molar-refractivity contribution in [2.45, 2.75) is 5.12 Å².